The number of aryl methyl sites for hydroxylation is 2. The number of hydrogen-bond donors (Lipinski definition) is 1. The van der Waals surface area contributed by atoms with Crippen molar-refractivity contribution in [3.05, 3.63) is 68.5 Å². The zero-order valence-electron chi connectivity index (χ0n) is 17.1. The summed E-state index contributed by atoms with van der Waals surface area (Å²) in [4.78, 5) is 43.3. The van der Waals surface area contributed by atoms with Crippen LogP contribution in [-0.2, 0) is 14.1 Å². The van der Waals surface area contributed by atoms with Crippen LogP contribution in [0.1, 0.15) is 22.8 Å². The van der Waals surface area contributed by atoms with E-state index in [1.54, 1.807) is 7.05 Å². The van der Waals surface area contributed by atoms with Crippen LogP contribution in [-0.4, -0.2) is 39.7 Å². The molecule has 0 aliphatic heterocycles. The van der Waals surface area contributed by atoms with E-state index in [9.17, 15) is 14.4 Å². The first-order valence-corrected chi connectivity index (χ1v) is 9.49. The lowest BCUT2D eigenvalue weighted by atomic mass is 10.2. The Bertz CT molecular complexity index is 1180. The minimum Gasteiger partial charge on any atom is -0.370 e. The van der Waals surface area contributed by atoms with Gasteiger partial charge in [0.2, 0.25) is 0 Å². The number of hydrogen-bond acceptors (Lipinski definition) is 5. The van der Waals surface area contributed by atoms with Crippen molar-refractivity contribution in [3.63, 3.8) is 0 Å². The molecule has 0 saturated carbocycles. The van der Waals surface area contributed by atoms with E-state index >= 15 is 0 Å². The predicted octanol–water partition coefficient (Wildman–Crippen LogP) is 1.20. The zero-order valence-corrected chi connectivity index (χ0v) is 17.1. The van der Waals surface area contributed by atoms with Gasteiger partial charge in [-0.2, -0.15) is 0 Å². The molecule has 1 N–H and O–H groups in total. The number of nitrogens with one attached hydrogen (secondary N) is 1. The van der Waals surface area contributed by atoms with E-state index in [4.69, 9.17) is 0 Å². The van der Waals surface area contributed by atoms with E-state index in [-0.39, 0.29) is 22.5 Å². The average molecular weight is 395 g/mol. The van der Waals surface area contributed by atoms with Crippen LogP contribution in [0.25, 0.3) is 11.0 Å². The van der Waals surface area contributed by atoms with Crippen LogP contribution < -0.4 is 21.5 Å². The lowest BCUT2D eigenvalue weighted by molar-refractivity contribution is 0.0954. The van der Waals surface area contributed by atoms with Crippen molar-refractivity contribution in [3.8, 4) is 0 Å². The van der Waals surface area contributed by atoms with E-state index < -0.39 is 11.2 Å². The van der Waals surface area contributed by atoms with Crippen molar-refractivity contribution in [2.45, 2.75) is 13.8 Å². The van der Waals surface area contributed by atoms with Crippen LogP contribution in [0.2, 0.25) is 0 Å². The lowest BCUT2D eigenvalue weighted by Crippen LogP contribution is -2.38. The third kappa shape index (κ3) is 3.91. The molecule has 2 heterocycles. The number of para-hydroxylation sites is 1. The number of aromatic nitrogens is 3. The molecule has 0 spiro atoms. The van der Waals surface area contributed by atoms with Gasteiger partial charge < -0.3 is 10.2 Å². The molecule has 0 saturated heterocycles. The van der Waals surface area contributed by atoms with Crippen molar-refractivity contribution >= 4 is 22.6 Å². The zero-order chi connectivity index (χ0) is 21.1. The highest BCUT2D eigenvalue weighted by atomic mass is 16.2. The average Bonchev–Trinajstić information content (AvgIpc) is 2.74. The van der Waals surface area contributed by atoms with Crippen LogP contribution in [0.3, 0.4) is 0 Å². The van der Waals surface area contributed by atoms with Crippen molar-refractivity contribution in [2.75, 3.05) is 24.5 Å². The topological polar surface area (TPSA) is 89.2 Å². The maximum Gasteiger partial charge on any atom is 0.332 e. The van der Waals surface area contributed by atoms with Gasteiger partial charge in [0.1, 0.15) is 5.65 Å². The first-order valence-electron chi connectivity index (χ1n) is 9.49. The first kappa shape index (κ1) is 20.3. The first-order chi connectivity index (χ1) is 13.8. The normalized spacial score (nSPS) is 10.9. The molecular weight excluding hydrogens is 370 g/mol. The van der Waals surface area contributed by atoms with E-state index in [0.717, 1.165) is 16.8 Å². The largest absolute Gasteiger partial charge is 0.370 e. The molecule has 0 fully saturated rings. The molecule has 0 radical (unpaired) electrons. The number of amides is 1. The fourth-order valence-electron chi connectivity index (χ4n) is 3.36. The number of anilines is 1. The maximum atomic E-state index is 12.6. The second-order valence-electron chi connectivity index (χ2n) is 6.92. The summed E-state index contributed by atoms with van der Waals surface area (Å²) in [6.45, 7) is 6.06. The second kappa shape index (κ2) is 8.30. The quantitative estimate of drug-likeness (QED) is 0.677. The van der Waals surface area contributed by atoms with E-state index in [0.29, 0.717) is 13.1 Å². The van der Waals surface area contributed by atoms with Gasteiger partial charge in [-0.25, -0.2) is 9.78 Å². The van der Waals surface area contributed by atoms with Gasteiger partial charge in [0.05, 0.1) is 10.9 Å². The molecule has 0 aliphatic carbocycles. The molecule has 3 aromatic rings. The Kier molecular flexibility index (Phi) is 5.81. The Labute approximate surface area is 168 Å². The lowest BCUT2D eigenvalue weighted by Gasteiger charge is -2.25. The second-order valence-corrected chi connectivity index (χ2v) is 6.92. The Morgan fingerprint density at radius 2 is 1.90 bits per heavy atom. The molecule has 0 unspecified atom stereocenters. The molecule has 8 nitrogen and oxygen atoms in total. The van der Waals surface area contributed by atoms with Crippen LogP contribution >= 0.6 is 0 Å². The van der Waals surface area contributed by atoms with Crippen molar-refractivity contribution in [1.82, 2.24) is 19.4 Å². The Morgan fingerprint density at radius 1 is 1.17 bits per heavy atom. The molecule has 29 heavy (non-hydrogen) atoms. The van der Waals surface area contributed by atoms with Crippen LogP contribution in [0, 0.1) is 6.92 Å². The summed E-state index contributed by atoms with van der Waals surface area (Å²) in [6, 6.07) is 9.61. The van der Waals surface area contributed by atoms with Gasteiger partial charge in [-0.15, -0.1) is 0 Å². The number of carbonyl (C=O) groups is 1. The summed E-state index contributed by atoms with van der Waals surface area (Å²) in [5.41, 5.74) is 1.94. The fourth-order valence-corrected chi connectivity index (χ4v) is 3.36. The Hall–Kier alpha value is -3.42. The van der Waals surface area contributed by atoms with Gasteiger partial charge in [0.25, 0.3) is 11.5 Å². The molecule has 0 atom stereocenters. The summed E-state index contributed by atoms with van der Waals surface area (Å²) in [5, 5.41) is 3.11. The molecule has 0 bridgehead atoms. The number of likely N-dealkylation sites (N-methyl/N-ethyl adjacent to an activating group) is 1. The van der Waals surface area contributed by atoms with Crippen molar-refractivity contribution in [1.29, 1.82) is 0 Å². The number of fused-ring (bicyclic) bond motifs is 1. The fraction of sp³-hybridized carbons (Fsp3) is 0.333. The van der Waals surface area contributed by atoms with Gasteiger partial charge in [-0.05, 0) is 31.5 Å². The van der Waals surface area contributed by atoms with Crippen LogP contribution in [0.4, 0.5) is 5.69 Å². The minimum absolute atomic E-state index is 0.234. The molecule has 1 amide bonds. The van der Waals surface area contributed by atoms with E-state index in [1.807, 2.05) is 12.1 Å². The number of carbonyl (C=O) groups excluding carboxylic acids is 1. The monoisotopic (exact) mass is 395 g/mol. The Morgan fingerprint density at radius 3 is 2.59 bits per heavy atom. The molecule has 1 aromatic carbocycles. The molecule has 152 valence electrons. The smallest absolute Gasteiger partial charge is 0.332 e. The van der Waals surface area contributed by atoms with Crippen LogP contribution in [0.15, 0.2) is 46.1 Å². The van der Waals surface area contributed by atoms with Gasteiger partial charge in [0, 0.05) is 45.6 Å². The van der Waals surface area contributed by atoms with Crippen LogP contribution in [0.5, 0.6) is 0 Å². The third-order valence-corrected chi connectivity index (χ3v) is 5.06. The minimum atomic E-state index is -0.470. The predicted molar refractivity (Wildman–Crippen MR) is 114 cm³/mol. The summed E-state index contributed by atoms with van der Waals surface area (Å²) in [7, 11) is 2.95. The highest BCUT2D eigenvalue weighted by molar-refractivity contribution is 5.96. The summed E-state index contributed by atoms with van der Waals surface area (Å²) >= 11 is 0. The highest BCUT2D eigenvalue weighted by Gasteiger charge is 2.14. The third-order valence-electron chi connectivity index (χ3n) is 5.06. The molecule has 8 heteroatoms. The van der Waals surface area contributed by atoms with Crippen molar-refractivity contribution < 1.29 is 4.79 Å². The molecule has 2 aromatic heterocycles. The summed E-state index contributed by atoms with van der Waals surface area (Å²) in [5.74, 6) is -0.309. The molecule has 3 rings (SSSR count). The number of nitrogens with zero attached hydrogens (tertiary/aromatic N) is 4. The summed E-state index contributed by atoms with van der Waals surface area (Å²) in [6.07, 6.45) is 1.38. The number of benzene rings is 1. The SMILES string of the molecule is CCN(CCNC(=O)c1cnc2c(c1)c(=O)n(C)c(=O)n2C)c1ccccc1C. The van der Waals surface area contributed by atoms with Gasteiger partial charge in [-0.1, -0.05) is 18.2 Å². The highest BCUT2D eigenvalue weighted by Crippen LogP contribution is 2.18. The Balaban J connectivity index is 1.76. The van der Waals surface area contributed by atoms with Gasteiger partial charge in [0.15, 0.2) is 0 Å². The standard InChI is InChI=1S/C21H25N5O3/c1-5-26(17-9-7-6-8-14(17)2)11-10-22-19(27)15-12-16-18(23-13-15)24(3)21(29)25(4)20(16)28/h6-9,12-13H,5,10-11H2,1-4H3,(H,22,27). The van der Waals surface area contributed by atoms with E-state index in [1.165, 1.54) is 29.4 Å². The number of pyridine rings is 1. The van der Waals surface area contributed by atoms with Gasteiger partial charge in [-0.3, -0.25) is 18.7 Å². The maximum absolute atomic E-state index is 12.6. The van der Waals surface area contributed by atoms with E-state index in [2.05, 4.69) is 41.2 Å². The summed E-state index contributed by atoms with van der Waals surface area (Å²) < 4.78 is 2.30. The molecular formula is C21H25N5O3. The van der Waals surface area contributed by atoms with Crippen molar-refractivity contribution in [2.24, 2.45) is 14.1 Å². The number of rotatable bonds is 6. The molecule has 0 aliphatic rings. The van der Waals surface area contributed by atoms with Gasteiger partial charge >= 0.3 is 5.69 Å².